The van der Waals surface area contributed by atoms with Crippen LogP contribution in [-0.4, -0.2) is 65.8 Å². The van der Waals surface area contributed by atoms with E-state index in [0.29, 0.717) is 25.7 Å². The molecule has 0 unspecified atom stereocenters. The Morgan fingerprint density at radius 2 is 2.22 bits per heavy atom. The molecule has 2 rings (SSSR count). The van der Waals surface area contributed by atoms with Crippen LogP contribution >= 0.6 is 0 Å². The maximum Gasteiger partial charge on any atom is 0.409 e. The topological polar surface area (TPSA) is 83.8 Å². The first-order chi connectivity index (χ1) is 11.2. The fourth-order valence-electron chi connectivity index (χ4n) is 2.53. The summed E-state index contributed by atoms with van der Waals surface area (Å²) in [4.78, 5) is 21.7. The van der Waals surface area contributed by atoms with Crippen molar-refractivity contribution >= 4 is 12.1 Å². The van der Waals surface area contributed by atoms with Crippen molar-refractivity contribution in [3.8, 4) is 0 Å². The van der Waals surface area contributed by atoms with Crippen LogP contribution in [0.15, 0.2) is 23.7 Å². The molecule has 0 atom stereocenters. The van der Waals surface area contributed by atoms with Crippen molar-refractivity contribution in [1.29, 1.82) is 0 Å². The van der Waals surface area contributed by atoms with E-state index in [4.69, 9.17) is 4.74 Å². The van der Waals surface area contributed by atoms with Crippen LogP contribution in [0.25, 0.3) is 0 Å². The molecule has 0 spiro atoms. The minimum atomic E-state index is -0.214. The number of carbonyl (C=O) groups excluding carboxylic acids is 1. The first-order valence-electron chi connectivity index (χ1n) is 8.07. The van der Waals surface area contributed by atoms with Crippen molar-refractivity contribution in [2.75, 3.05) is 33.3 Å². The van der Waals surface area contributed by atoms with E-state index in [1.807, 2.05) is 17.7 Å². The molecule has 2 N–H and O–H groups in total. The Morgan fingerprint density at radius 3 is 2.83 bits per heavy atom. The summed E-state index contributed by atoms with van der Waals surface area (Å²) in [6.45, 7) is 5.28. The molecular weight excluding hydrogens is 296 g/mol. The highest BCUT2D eigenvalue weighted by Gasteiger charge is 2.23. The number of aromatic nitrogens is 2. The second-order valence-electron chi connectivity index (χ2n) is 5.40. The quantitative estimate of drug-likeness (QED) is 0.615. The van der Waals surface area contributed by atoms with E-state index in [9.17, 15) is 4.79 Å². The summed E-state index contributed by atoms with van der Waals surface area (Å²) >= 11 is 0. The largest absolute Gasteiger partial charge is 0.450 e. The van der Waals surface area contributed by atoms with Crippen molar-refractivity contribution in [2.24, 2.45) is 4.99 Å². The molecular formula is C15H26N6O2. The first-order valence-corrected chi connectivity index (χ1v) is 8.07. The molecule has 1 aromatic rings. The number of likely N-dealkylation sites (tertiary alicyclic amines) is 1. The van der Waals surface area contributed by atoms with E-state index in [-0.39, 0.29) is 6.09 Å². The van der Waals surface area contributed by atoms with E-state index in [2.05, 4.69) is 20.6 Å². The van der Waals surface area contributed by atoms with Gasteiger partial charge in [-0.1, -0.05) is 0 Å². The molecule has 1 amide bonds. The van der Waals surface area contributed by atoms with E-state index in [1.165, 1.54) is 0 Å². The number of piperidine rings is 1. The SMILES string of the molecule is CCOC(=O)N1CCC(NC(=NC)NCCn2ccnc2)CC1. The van der Waals surface area contributed by atoms with Crippen LogP contribution in [0.3, 0.4) is 0 Å². The zero-order valence-corrected chi connectivity index (χ0v) is 13.9. The highest BCUT2D eigenvalue weighted by Crippen LogP contribution is 2.11. The fourth-order valence-corrected chi connectivity index (χ4v) is 2.53. The third-order valence-electron chi connectivity index (χ3n) is 3.81. The lowest BCUT2D eigenvalue weighted by Crippen LogP contribution is -2.50. The van der Waals surface area contributed by atoms with Gasteiger partial charge in [0.1, 0.15) is 0 Å². The van der Waals surface area contributed by atoms with Gasteiger partial charge in [0.15, 0.2) is 5.96 Å². The molecule has 0 bridgehead atoms. The molecule has 1 aliphatic rings. The number of nitrogens with one attached hydrogen (secondary N) is 2. The third kappa shape index (κ3) is 5.46. The van der Waals surface area contributed by atoms with Crippen LogP contribution < -0.4 is 10.6 Å². The Kier molecular flexibility index (Phi) is 6.71. The van der Waals surface area contributed by atoms with Gasteiger partial charge >= 0.3 is 6.09 Å². The summed E-state index contributed by atoms with van der Waals surface area (Å²) in [6.07, 6.45) is 7.06. The molecule has 8 nitrogen and oxygen atoms in total. The minimum Gasteiger partial charge on any atom is -0.450 e. The summed E-state index contributed by atoms with van der Waals surface area (Å²) in [5.74, 6) is 0.791. The van der Waals surface area contributed by atoms with Crippen LogP contribution in [0.1, 0.15) is 19.8 Å². The molecule has 1 saturated heterocycles. The zero-order valence-electron chi connectivity index (χ0n) is 13.9. The Labute approximate surface area is 136 Å². The Balaban J connectivity index is 1.68. The van der Waals surface area contributed by atoms with Crippen molar-refractivity contribution in [2.45, 2.75) is 32.4 Å². The summed E-state index contributed by atoms with van der Waals surface area (Å²) in [7, 11) is 1.76. The van der Waals surface area contributed by atoms with Crippen LogP contribution in [0.5, 0.6) is 0 Å². The summed E-state index contributed by atoms with van der Waals surface area (Å²) < 4.78 is 7.04. The Bertz CT molecular complexity index is 494. The van der Waals surface area contributed by atoms with E-state index in [1.54, 1.807) is 24.5 Å². The van der Waals surface area contributed by atoms with E-state index in [0.717, 1.165) is 31.9 Å². The maximum absolute atomic E-state index is 11.7. The Hall–Kier alpha value is -2.25. The molecule has 0 aliphatic carbocycles. The number of nitrogens with zero attached hydrogens (tertiary/aromatic N) is 4. The van der Waals surface area contributed by atoms with Gasteiger partial charge in [-0.05, 0) is 19.8 Å². The molecule has 8 heteroatoms. The molecule has 1 aliphatic heterocycles. The van der Waals surface area contributed by atoms with Crippen molar-refractivity contribution < 1.29 is 9.53 Å². The lowest BCUT2D eigenvalue weighted by molar-refractivity contribution is 0.0963. The Morgan fingerprint density at radius 1 is 1.43 bits per heavy atom. The number of imidazole rings is 1. The molecule has 0 aromatic carbocycles. The van der Waals surface area contributed by atoms with Crippen LogP contribution in [-0.2, 0) is 11.3 Å². The standard InChI is InChI=1S/C15H26N6O2/c1-3-23-15(22)21-8-4-13(5-9-21)19-14(16-2)18-7-11-20-10-6-17-12-20/h6,10,12-13H,3-5,7-9,11H2,1-2H3,(H2,16,18,19). The molecule has 23 heavy (non-hydrogen) atoms. The number of ether oxygens (including phenoxy) is 1. The monoisotopic (exact) mass is 322 g/mol. The number of guanidine groups is 1. The van der Waals surface area contributed by atoms with Crippen LogP contribution in [0.2, 0.25) is 0 Å². The first kappa shape index (κ1) is 17.1. The lowest BCUT2D eigenvalue weighted by Gasteiger charge is -2.32. The van der Waals surface area contributed by atoms with Gasteiger partial charge in [-0.25, -0.2) is 9.78 Å². The normalized spacial score (nSPS) is 16.3. The number of hydrogen-bond donors (Lipinski definition) is 2. The second kappa shape index (κ2) is 9.02. The molecule has 0 saturated carbocycles. The molecule has 1 aromatic heterocycles. The minimum absolute atomic E-state index is 0.214. The number of amides is 1. The third-order valence-corrected chi connectivity index (χ3v) is 3.81. The second-order valence-corrected chi connectivity index (χ2v) is 5.40. The average molecular weight is 322 g/mol. The smallest absolute Gasteiger partial charge is 0.409 e. The van der Waals surface area contributed by atoms with Crippen LogP contribution in [0, 0.1) is 0 Å². The van der Waals surface area contributed by atoms with Gasteiger partial charge in [-0.15, -0.1) is 0 Å². The van der Waals surface area contributed by atoms with Gasteiger partial charge < -0.3 is 24.8 Å². The number of aliphatic imine (C=N–C) groups is 1. The summed E-state index contributed by atoms with van der Waals surface area (Å²) in [5, 5.41) is 6.71. The zero-order chi connectivity index (χ0) is 16.5. The van der Waals surface area contributed by atoms with Crippen molar-refractivity contribution in [3.05, 3.63) is 18.7 Å². The van der Waals surface area contributed by atoms with Gasteiger partial charge in [0, 0.05) is 51.7 Å². The molecule has 1 fully saturated rings. The average Bonchev–Trinajstić information content (AvgIpc) is 3.08. The predicted molar refractivity (Wildman–Crippen MR) is 88.3 cm³/mol. The highest BCUT2D eigenvalue weighted by atomic mass is 16.6. The number of rotatable bonds is 5. The number of carbonyl (C=O) groups is 1. The van der Waals surface area contributed by atoms with Crippen molar-refractivity contribution in [3.63, 3.8) is 0 Å². The highest BCUT2D eigenvalue weighted by molar-refractivity contribution is 5.80. The fraction of sp³-hybridized carbons (Fsp3) is 0.667. The van der Waals surface area contributed by atoms with E-state index >= 15 is 0 Å². The number of hydrogen-bond acceptors (Lipinski definition) is 4. The summed E-state index contributed by atoms with van der Waals surface area (Å²) in [5.41, 5.74) is 0. The molecule has 128 valence electrons. The summed E-state index contributed by atoms with van der Waals surface area (Å²) in [6, 6.07) is 0.320. The van der Waals surface area contributed by atoms with Gasteiger partial charge in [0.25, 0.3) is 0 Å². The van der Waals surface area contributed by atoms with Gasteiger partial charge in [-0.2, -0.15) is 0 Å². The van der Waals surface area contributed by atoms with Gasteiger partial charge in [0.05, 0.1) is 12.9 Å². The predicted octanol–water partition coefficient (Wildman–Crippen LogP) is 0.669. The van der Waals surface area contributed by atoms with Crippen LogP contribution in [0.4, 0.5) is 4.79 Å². The molecule has 0 radical (unpaired) electrons. The van der Waals surface area contributed by atoms with E-state index < -0.39 is 0 Å². The van der Waals surface area contributed by atoms with Gasteiger partial charge in [0.2, 0.25) is 0 Å². The lowest BCUT2D eigenvalue weighted by atomic mass is 10.1. The maximum atomic E-state index is 11.7. The van der Waals surface area contributed by atoms with Gasteiger partial charge in [-0.3, -0.25) is 4.99 Å². The molecule has 2 heterocycles. The van der Waals surface area contributed by atoms with Crippen molar-refractivity contribution in [1.82, 2.24) is 25.1 Å².